The summed E-state index contributed by atoms with van der Waals surface area (Å²) in [4.78, 5) is 16.8. The molecule has 1 aromatic rings. The van der Waals surface area contributed by atoms with Crippen molar-refractivity contribution < 1.29 is 9.53 Å². The first-order valence-electron chi connectivity index (χ1n) is 10.3. The number of benzene rings is 1. The third-order valence-electron chi connectivity index (χ3n) is 5.69. The van der Waals surface area contributed by atoms with Crippen LogP contribution in [0.3, 0.4) is 0 Å². The first-order valence-corrected chi connectivity index (χ1v) is 10.3. The molecule has 28 heavy (non-hydrogen) atoms. The summed E-state index contributed by atoms with van der Waals surface area (Å²) < 4.78 is 6.22. The molecule has 1 amide bonds. The molecule has 2 aliphatic rings. The summed E-state index contributed by atoms with van der Waals surface area (Å²) in [6.07, 6.45) is 13.1. The Balaban J connectivity index is 1.50. The lowest BCUT2D eigenvalue weighted by molar-refractivity contribution is -0.184. The molecule has 3 rings (SSSR count). The van der Waals surface area contributed by atoms with E-state index in [-0.39, 0.29) is 17.6 Å². The summed E-state index contributed by atoms with van der Waals surface area (Å²) in [5.74, 6) is 0.0409. The van der Waals surface area contributed by atoms with E-state index in [4.69, 9.17) is 4.74 Å². The number of aryl methyl sites for hydroxylation is 1. The predicted molar refractivity (Wildman–Crippen MR) is 114 cm³/mol. The fraction of sp³-hybridized carbons (Fsp3) is 0.458. The standard InChI is InChI=1S/C24H32N2O2/c1-3-4-5-9-17-26-20-24(28-21(2)23(26)27)14-18-25(19-15-24)16-10-13-22-11-7-6-8-12-22/h3-9,11-12,17,21H,1,10,13-16,18-20H2,2H3/b5-4-,17-9+. The smallest absolute Gasteiger partial charge is 0.255 e. The van der Waals surface area contributed by atoms with Crippen LogP contribution in [0.5, 0.6) is 0 Å². The van der Waals surface area contributed by atoms with Gasteiger partial charge in [0.25, 0.3) is 5.91 Å². The largest absolute Gasteiger partial charge is 0.360 e. The zero-order chi connectivity index (χ0) is 19.8. The van der Waals surface area contributed by atoms with E-state index in [0.29, 0.717) is 6.54 Å². The molecule has 0 bridgehead atoms. The molecule has 0 aromatic heterocycles. The minimum atomic E-state index is -0.383. The molecule has 0 N–H and O–H groups in total. The van der Waals surface area contributed by atoms with Crippen LogP contribution in [0.25, 0.3) is 0 Å². The van der Waals surface area contributed by atoms with Gasteiger partial charge in [0, 0.05) is 19.3 Å². The lowest BCUT2D eigenvalue weighted by Crippen LogP contribution is -2.60. The first kappa shape index (κ1) is 20.6. The molecule has 1 unspecified atom stereocenters. The number of ether oxygens (including phenoxy) is 1. The summed E-state index contributed by atoms with van der Waals surface area (Å²) in [6.45, 7) is 9.36. The highest BCUT2D eigenvalue weighted by atomic mass is 16.5. The van der Waals surface area contributed by atoms with Crippen LogP contribution in [0.2, 0.25) is 0 Å². The van der Waals surface area contributed by atoms with E-state index >= 15 is 0 Å². The third kappa shape index (κ3) is 5.43. The van der Waals surface area contributed by atoms with Gasteiger partial charge in [-0.05, 0) is 50.8 Å². The van der Waals surface area contributed by atoms with Gasteiger partial charge in [-0.25, -0.2) is 0 Å². The highest BCUT2D eigenvalue weighted by Gasteiger charge is 2.44. The molecular weight excluding hydrogens is 348 g/mol. The van der Waals surface area contributed by atoms with E-state index in [1.165, 1.54) is 12.0 Å². The quantitative estimate of drug-likeness (QED) is 0.672. The van der Waals surface area contributed by atoms with Gasteiger partial charge < -0.3 is 14.5 Å². The van der Waals surface area contributed by atoms with Crippen LogP contribution in [0.1, 0.15) is 31.7 Å². The number of piperidine rings is 1. The average Bonchev–Trinajstić information content (AvgIpc) is 2.71. The molecule has 4 heteroatoms. The van der Waals surface area contributed by atoms with Crippen molar-refractivity contribution in [2.24, 2.45) is 0 Å². The van der Waals surface area contributed by atoms with Crippen molar-refractivity contribution >= 4 is 5.91 Å². The summed E-state index contributed by atoms with van der Waals surface area (Å²) in [5, 5.41) is 0. The predicted octanol–water partition coefficient (Wildman–Crippen LogP) is 3.96. The lowest BCUT2D eigenvalue weighted by Gasteiger charge is -2.48. The Morgan fingerprint density at radius 3 is 2.64 bits per heavy atom. The van der Waals surface area contributed by atoms with Gasteiger partial charge in [-0.2, -0.15) is 0 Å². The molecule has 1 spiro atoms. The average molecular weight is 381 g/mol. The minimum absolute atomic E-state index is 0.0409. The van der Waals surface area contributed by atoms with Crippen molar-refractivity contribution in [2.45, 2.75) is 44.3 Å². The molecule has 1 atom stereocenters. The van der Waals surface area contributed by atoms with Crippen LogP contribution in [0, 0.1) is 0 Å². The lowest BCUT2D eigenvalue weighted by atomic mass is 9.88. The van der Waals surface area contributed by atoms with Crippen molar-refractivity contribution in [1.82, 2.24) is 9.80 Å². The number of likely N-dealkylation sites (tertiary alicyclic amines) is 1. The molecule has 2 heterocycles. The molecule has 2 aliphatic heterocycles. The maximum absolute atomic E-state index is 12.5. The number of carbonyl (C=O) groups excluding carboxylic acids is 1. The summed E-state index contributed by atoms with van der Waals surface area (Å²) >= 11 is 0. The van der Waals surface area contributed by atoms with Crippen molar-refractivity contribution in [2.75, 3.05) is 26.2 Å². The zero-order valence-corrected chi connectivity index (χ0v) is 16.9. The van der Waals surface area contributed by atoms with Crippen molar-refractivity contribution in [3.8, 4) is 0 Å². The van der Waals surface area contributed by atoms with E-state index in [1.54, 1.807) is 6.08 Å². The second-order valence-corrected chi connectivity index (χ2v) is 7.80. The molecule has 2 saturated heterocycles. The molecule has 4 nitrogen and oxygen atoms in total. The second-order valence-electron chi connectivity index (χ2n) is 7.80. The van der Waals surface area contributed by atoms with Gasteiger partial charge in [-0.1, -0.05) is 55.1 Å². The van der Waals surface area contributed by atoms with Gasteiger partial charge >= 0.3 is 0 Å². The number of morpholine rings is 1. The van der Waals surface area contributed by atoms with Crippen LogP contribution >= 0.6 is 0 Å². The minimum Gasteiger partial charge on any atom is -0.360 e. The number of nitrogens with zero attached hydrogens (tertiary/aromatic N) is 2. The van der Waals surface area contributed by atoms with Crippen molar-refractivity contribution in [3.05, 3.63) is 73.0 Å². The number of hydrogen-bond acceptors (Lipinski definition) is 3. The molecule has 2 fully saturated rings. The van der Waals surface area contributed by atoms with Gasteiger partial charge in [0.1, 0.15) is 6.10 Å². The van der Waals surface area contributed by atoms with Gasteiger partial charge in [-0.15, -0.1) is 0 Å². The van der Waals surface area contributed by atoms with E-state index < -0.39 is 0 Å². The van der Waals surface area contributed by atoms with Gasteiger partial charge in [0.15, 0.2) is 0 Å². The summed E-state index contributed by atoms with van der Waals surface area (Å²) in [5.41, 5.74) is 1.20. The Kier molecular flexibility index (Phi) is 7.24. The Hall–Kier alpha value is -2.17. The van der Waals surface area contributed by atoms with E-state index in [1.807, 2.05) is 36.3 Å². The van der Waals surface area contributed by atoms with Gasteiger partial charge in [0.05, 0.1) is 12.1 Å². The van der Waals surface area contributed by atoms with Crippen LogP contribution in [0.4, 0.5) is 0 Å². The van der Waals surface area contributed by atoms with E-state index in [9.17, 15) is 4.79 Å². The Bertz CT molecular complexity index is 703. The summed E-state index contributed by atoms with van der Waals surface area (Å²) in [6, 6.07) is 10.7. The fourth-order valence-electron chi connectivity index (χ4n) is 4.12. The number of hydrogen-bond donors (Lipinski definition) is 0. The Morgan fingerprint density at radius 2 is 1.93 bits per heavy atom. The number of amides is 1. The first-order chi connectivity index (χ1) is 13.6. The maximum atomic E-state index is 12.5. The van der Waals surface area contributed by atoms with E-state index in [2.05, 4.69) is 41.8 Å². The molecule has 0 aliphatic carbocycles. The SMILES string of the molecule is C=C/C=C\C=C\N1CC2(CCN(CCCc3ccccc3)CC2)OC(C)C1=O. The number of allylic oxidation sites excluding steroid dienone is 4. The van der Waals surface area contributed by atoms with E-state index in [0.717, 1.165) is 38.9 Å². The molecule has 150 valence electrons. The van der Waals surface area contributed by atoms with Gasteiger partial charge in [0.2, 0.25) is 0 Å². The van der Waals surface area contributed by atoms with Crippen LogP contribution in [-0.4, -0.2) is 53.6 Å². The van der Waals surface area contributed by atoms with Crippen LogP contribution in [-0.2, 0) is 16.0 Å². The fourth-order valence-corrected chi connectivity index (χ4v) is 4.12. The Morgan fingerprint density at radius 1 is 1.18 bits per heavy atom. The van der Waals surface area contributed by atoms with Crippen LogP contribution in [0.15, 0.2) is 67.4 Å². The van der Waals surface area contributed by atoms with Crippen LogP contribution < -0.4 is 0 Å². The monoisotopic (exact) mass is 380 g/mol. The topological polar surface area (TPSA) is 32.8 Å². The molecule has 0 radical (unpaired) electrons. The Labute approximate surface area is 169 Å². The third-order valence-corrected chi connectivity index (χ3v) is 5.69. The second kappa shape index (κ2) is 9.85. The zero-order valence-electron chi connectivity index (χ0n) is 16.9. The summed E-state index contributed by atoms with van der Waals surface area (Å²) in [7, 11) is 0. The van der Waals surface area contributed by atoms with Crippen molar-refractivity contribution in [1.29, 1.82) is 0 Å². The highest BCUT2D eigenvalue weighted by Crippen LogP contribution is 2.33. The van der Waals surface area contributed by atoms with Gasteiger partial charge in [-0.3, -0.25) is 4.79 Å². The number of carbonyl (C=O) groups is 1. The molecular formula is C24H32N2O2. The number of rotatable bonds is 7. The molecule has 1 aromatic carbocycles. The maximum Gasteiger partial charge on any atom is 0.255 e. The normalized spacial score (nSPS) is 23.1. The highest BCUT2D eigenvalue weighted by molar-refractivity contribution is 5.82. The van der Waals surface area contributed by atoms with Crippen molar-refractivity contribution in [3.63, 3.8) is 0 Å². The molecule has 0 saturated carbocycles.